The minimum Gasteiger partial charge on any atom is -0.504 e. The van der Waals surface area contributed by atoms with Crippen LogP contribution in [-0.4, -0.2) is 45.8 Å². The van der Waals surface area contributed by atoms with E-state index in [2.05, 4.69) is 20.7 Å². The number of anilines is 2. The van der Waals surface area contributed by atoms with Crippen molar-refractivity contribution < 1.29 is 19.4 Å². The van der Waals surface area contributed by atoms with Gasteiger partial charge < -0.3 is 25.2 Å². The number of hydrogen-bond acceptors (Lipinski definition) is 8. The number of allylic oxidation sites excluding steroid dienone is 1. The van der Waals surface area contributed by atoms with Crippen molar-refractivity contribution in [2.24, 2.45) is 0 Å². The highest BCUT2D eigenvalue weighted by atomic mass is 32.2. The van der Waals surface area contributed by atoms with Gasteiger partial charge in [0.15, 0.2) is 11.5 Å². The number of fused-ring (bicyclic) bond motifs is 1. The van der Waals surface area contributed by atoms with Crippen LogP contribution in [0.25, 0.3) is 0 Å². The Balaban J connectivity index is 1.77. The van der Waals surface area contributed by atoms with Crippen LogP contribution in [0.2, 0.25) is 0 Å². The first kappa shape index (κ1) is 22.5. The molecule has 0 aliphatic carbocycles. The summed E-state index contributed by atoms with van der Waals surface area (Å²) in [6.07, 6.45) is 1.89. The van der Waals surface area contributed by atoms with E-state index in [1.807, 2.05) is 20.1 Å². The molecule has 1 amide bonds. The summed E-state index contributed by atoms with van der Waals surface area (Å²) in [5.74, 6) is 1.32. The van der Waals surface area contributed by atoms with Crippen LogP contribution in [0.3, 0.4) is 0 Å². The van der Waals surface area contributed by atoms with E-state index in [0.717, 1.165) is 5.56 Å². The van der Waals surface area contributed by atoms with Gasteiger partial charge in [0.25, 0.3) is 5.91 Å². The average Bonchev–Trinajstić information content (AvgIpc) is 3.23. The monoisotopic (exact) mass is 467 g/mol. The fourth-order valence-corrected chi connectivity index (χ4v) is 4.01. The van der Waals surface area contributed by atoms with Crippen molar-refractivity contribution in [1.29, 1.82) is 0 Å². The minimum atomic E-state index is -0.576. The van der Waals surface area contributed by atoms with Gasteiger partial charge in [-0.3, -0.25) is 4.79 Å². The first-order valence-electron chi connectivity index (χ1n) is 10.3. The number of hydrogen-bond donors (Lipinski definition) is 3. The number of aromatic nitrogens is 3. The second-order valence-corrected chi connectivity index (χ2v) is 8.05. The van der Waals surface area contributed by atoms with Crippen LogP contribution in [0.15, 0.2) is 58.9 Å². The molecule has 0 bridgehead atoms. The summed E-state index contributed by atoms with van der Waals surface area (Å²) in [5.41, 5.74) is 2.50. The van der Waals surface area contributed by atoms with E-state index >= 15 is 0 Å². The van der Waals surface area contributed by atoms with Gasteiger partial charge in [-0.15, -0.1) is 5.10 Å². The van der Waals surface area contributed by atoms with Gasteiger partial charge >= 0.3 is 0 Å². The molecule has 3 aromatic rings. The molecule has 2 heterocycles. The minimum absolute atomic E-state index is 0.0306. The smallest absolute Gasteiger partial charge is 0.255 e. The standard InChI is InChI=1S/C23H25N5O4S/c1-5-32-18-12-14(6-11-17(18)29)20-19(13(2)24-22-26-23(33-4)27-28(20)22)21(30)25-15-7-9-16(31-3)10-8-15/h6-12,20,29H,5H2,1-4H3,(H,25,30)(H,24,26,27)/t20-/m1/s1. The third kappa shape index (κ3) is 4.47. The predicted molar refractivity (Wildman–Crippen MR) is 127 cm³/mol. The Morgan fingerprint density at radius 2 is 2.03 bits per heavy atom. The maximum atomic E-state index is 13.5. The van der Waals surface area contributed by atoms with Crippen LogP contribution in [0.5, 0.6) is 17.2 Å². The molecule has 3 N–H and O–H groups in total. The lowest BCUT2D eigenvalue weighted by atomic mass is 9.94. The Labute approximate surface area is 195 Å². The van der Waals surface area contributed by atoms with Crippen molar-refractivity contribution >= 4 is 29.3 Å². The summed E-state index contributed by atoms with van der Waals surface area (Å²) in [6, 6.07) is 11.6. The van der Waals surface area contributed by atoms with Gasteiger partial charge in [0, 0.05) is 11.4 Å². The molecule has 0 fully saturated rings. The fourth-order valence-electron chi connectivity index (χ4n) is 3.66. The normalized spacial score (nSPS) is 15.0. The molecule has 9 nitrogen and oxygen atoms in total. The van der Waals surface area contributed by atoms with Gasteiger partial charge in [0.1, 0.15) is 11.8 Å². The number of ether oxygens (including phenoxy) is 2. The molecule has 172 valence electrons. The topological polar surface area (TPSA) is 111 Å². The first-order chi connectivity index (χ1) is 15.9. The van der Waals surface area contributed by atoms with Crippen LogP contribution >= 0.6 is 11.8 Å². The maximum absolute atomic E-state index is 13.5. The van der Waals surface area contributed by atoms with Gasteiger partial charge in [0.05, 0.1) is 19.3 Å². The lowest BCUT2D eigenvalue weighted by Crippen LogP contribution is -2.31. The zero-order valence-corrected chi connectivity index (χ0v) is 19.6. The van der Waals surface area contributed by atoms with Crippen molar-refractivity contribution in [2.75, 3.05) is 30.6 Å². The predicted octanol–water partition coefficient (Wildman–Crippen LogP) is 4.04. The van der Waals surface area contributed by atoms with E-state index < -0.39 is 6.04 Å². The van der Waals surface area contributed by atoms with E-state index in [-0.39, 0.29) is 11.7 Å². The van der Waals surface area contributed by atoms with Crippen LogP contribution in [-0.2, 0) is 4.79 Å². The molecule has 0 saturated heterocycles. The quantitative estimate of drug-likeness (QED) is 0.447. The first-order valence-corrected chi connectivity index (χ1v) is 11.6. The Morgan fingerprint density at radius 3 is 2.70 bits per heavy atom. The molecule has 0 spiro atoms. The van der Waals surface area contributed by atoms with E-state index in [4.69, 9.17) is 9.47 Å². The van der Waals surface area contributed by atoms with E-state index in [1.165, 1.54) is 11.8 Å². The molecular weight excluding hydrogens is 442 g/mol. The number of nitrogens with one attached hydrogen (secondary N) is 2. The number of rotatable bonds is 7. The Hall–Kier alpha value is -3.66. The van der Waals surface area contributed by atoms with Gasteiger partial charge in [-0.25, -0.2) is 4.68 Å². The third-order valence-corrected chi connectivity index (χ3v) is 5.75. The summed E-state index contributed by atoms with van der Waals surface area (Å²) >= 11 is 1.41. The highest BCUT2D eigenvalue weighted by Crippen LogP contribution is 2.39. The maximum Gasteiger partial charge on any atom is 0.255 e. The molecular formula is C23H25N5O4S. The molecule has 4 rings (SSSR count). The Kier molecular flexibility index (Phi) is 6.45. The van der Waals surface area contributed by atoms with Crippen molar-refractivity contribution in [1.82, 2.24) is 14.8 Å². The van der Waals surface area contributed by atoms with Crippen LogP contribution in [0.1, 0.15) is 25.5 Å². The molecule has 0 saturated carbocycles. The van der Waals surface area contributed by atoms with Crippen molar-refractivity contribution in [3.63, 3.8) is 0 Å². The fraction of sp³-hybridized carbons (Fsp3) is 0.261. The van der Waals surface area contributed by atoms with Crippen molar-refractivity contribution in [3.05, 3.63) is 59.3 Å². The number of phenolic OH excluding ortho intramolecular Hbond substituents is 1. The molecule has 33 heavy (non-hydrogen) atoms. The number of methoxy groups -OCH3 is 1. The lowest BCUT2D eigenvalue weighted by molar-refractivity contribution is -0.113. The number of aromatic hydroxyl groups is 1. The highest BCUT2D eigenvalue weighted by Gasteiger charge is 2.34. The lowest BCUT2D eigenvalue weighted by Gasteiger charge is -2.29. The molecule has 1 atom stereocenters. The van der Waals surface area contributed by atoms with Gasteiger partial charge in [-0.2, -0.15) is 4.98 Å². The summed E-state index contributed by atoms with van der Waals surface area (Å²) in [4.78, 5) is 18.0. The number of thioether (sulfide) groups is 1. The Morgan fingerprint density at radius 1 is 1.27 bits per heavy atom. The van der Waals surface area contributed by atoms with Gasteiger partial charge in [-0.05, 0) is 62.1 Å². The van der Waals surface area contributed by atoms with Crippen LogP contribution < -0.4 is 20.1 Å². The van der Waals surface area contributed by atoms with Crippen LogP contribution in [0, 0.1) is 0 Å². The molecule has 1 aliphatic rings. The van der Waals surface area contributed by atoms with Crippen molar-refractivity contribution in [3.8, 4) is 17.2 Å². The number of carbonyl (C=O) groups is 1. The Bertz CT molecular complexity index is 1210. The molecule has 0 unspecified atom stereocenters. The third-order valence-electron chi connectivity index (χ3n) is 5.21. The number of nitrogens with zero attached hydrogens (tertiary/aromatic N) is 3. The SMILES string of the molecule is CCOc1cc([C@@H]2C(C(=O)Nc3ccc(OC)cc3)=C(C)Nc3nc(SC)nn32)ccc1O. The second kappa shape index (κ2) is 9.45. The van der Waals surface area contributed by atoms with E-state index in [9.17, 15) is 9.90 Å². The summed E-state index contributed by atoms with van der Waals surface area (Å²) in [7, 11) is 1.59. The second-order valence-electron chi connectivity index (χ2n) is 7.28. The number of amides is 1. The molecule has 2 aromatic carbocycles. The zero-order valence-electron chi connectivity index (χ0n) is 18.7. The van der Waals surface area contributed by atoms with E-state index in [1.54, 1.807) is 54.3 Å². The summed E-state index contributed by atoms with van der Waals surface area (Å²) < 4.78 is 12.5. The average molecular weight is 468 g/mol. The number of phenols is 1. The van der Waals surface area contributed by atoms with E-state index in [0.29, 0.717) is 46.2 Å². The largest absolute Gasteiger partial charge is 0.504 e. The molecule has 1 aliphatic heterocycles. The molecule has 0 radical (unpaired) electrons. The van der Waals surface area contributed by atoms with Gasteiger partial charge in [0.2, 0.25) is 11.1 Å². The summed E-state index contributed by atoms with van der Waals surface area (Å²) in [5, 5.41) is 21.5. The molecule has 10 heteroatoms. The van der Waals surface area contributed by atoms with Gasteiger partial charge in [-0.1, -0.05) is 17.8 Å². The number of benzene rings is 2. The molecule has 1 aromatic heterocycles. The highest BCUT2D eigenvalue weighted by molar-refractivity contribution is 7.98. The summed E-state index contributed by atoms with van der Waals surface area (Å²) in [6.45, 7) is 4.07. The zero-order chi connectivity index (χ0) is 23.5. The van der Waals surface area contributed by atoms with Crippen LogP contribution in [0.4, 0.5) is 11.6 Å². The number of carbonyl (C=O) groups excluding carboxylic acids is 1. The van der Waals surface area contributed by atoms with Crippen molar-refractivity contribution in [2.45, 2.75) is 25.0 Å².